The lowest BCUT2D eigenvalue weighted by molar-refractivity contribution is -0.126. The molecule has 1 amide bonds. The van der Waals surface area contributed by atoms with E-state index in [1.54, 1.807) is 6.07 Å². The number of nitrogens with one attached hydrogen (secondary N) is 1. The van der Waals surface area contributed by atoms with Crippen LogP contribution in [-0.2, 0) is 16.2 Å². The summed E-state index contributed by atoms with van der Waals surface area (Å²) in [5.41, 5.74) is 9.72. The number of anilines is 1. The molecule has 0 spiro atoms. The summed E-state index contributed by atoms with van der Waals surface area (Å²) < 4.78 is 28.1. The van der Waals surface area contributed by atoms with Crippen LogP contribution in [0.25, 0.3) is 0 Å². The number of benzene rings is 2. The maximum absolute atomic E-state index is 13.3. The first-order valence-electron chi connectivity index (χ1n) is 9.58. The van der Waals surface area contributed by atoms with Crippen LogP contribution in [0, 0.1) is 25.5 Å². The summed E-state index contributed by atoms with van der Waals surface area (Å²) >= 11 is 0. The standard InChI is InChI=1S/C22H23F2N5O2/c1-13-9-14(2)29(27-13)12-16-5-4-6-17(10-16)21(25)28-31-15(3)22(30)26-18-7-8-19(23)20(24)11-18/h4-11,15H,12H2,1-3H3,(H2,25,28)(H,26,30). The lowest BCUT2D eigenvalue weighted by Gasteiger charge is -2.12. The maximum atomic E-state index is 13.3. The number of oxime groups is 1. The van der Waals surface area contributed by atoms with Crippen molar-refractivity contribution in [3.8, 4) is 0 Å². The monoisotopic (exact) mass is 427 g/mol. The zero-order chi connectivity index (χ0) is 22.5. The summed E-state index contributed by atoms with van der Waals surface area (Å²) in [6, 6.07) is 12.5. The van der Waals surface area contributed by atoms with Gasteiger partial charge in [-0.3, -0.25) is 9.48 Å². The Morgan fingerprint density at radius 3 is 2.65 bits per heavy atom. The van der Waals surface area contributed by atoms with Gasteiger partial charge < -0.3 is 15.9 Å². The number of nitrogens with zero attached hydrogens (tertiary/aromatic N) is 3. The minimum absolute atomic E-state index is 0.0997. The molecular formula is C22H23F2N5O2. The number of amides is 1. The molecule has 1 unspecified atom stereocenters. The van der Waals surface area contributed by atoms with Gasteiger partial charge >= 0.3 is 0 Å². The average molecular weight is 427 g/mol. The van der Waals surface area contributed by atoms with Crippen LogP contribution in [-0.4, -0.2) is 27.6 Å². The zero-order valence-electron chi connectivity index (χ0n) is 17.4. The number of aryl methyl sites for hydroxylation is 2. The van der Waals surface area contributed by atoms with Gasteiger partial charge in [0.1, 0.15) is 0 Å². The lowest BCUT2D eigenvalue weighted by atomic mass is 10.1. The summed E-state index contributed by atoms with van der Waals surface area (Å²) in [6.07, 6.45) is -1.01. The van der Waals surface area contributed by atoms with Crippen molar-refractivity contribution in [1.29, 1.82) is 0 Å². The van der Waals surface area contributed by atoms with E-state index in [2.05, 4.69) is 15.6 Å². The molecule has 0 radical (unpaired) electrons. The Hall–Kier alpha value is -3.75. The summed E-state index contributed by atoms with van der Waals surface area (Å²) in [5, 5.41) is 10.7. The predicted octanol–water partition coefficient (Wildman–Crippen LogP) is 3.49. The van der Waals surface area contributed by atoms with Crippen molar-refractivity contribution in [2.45, 2.75) is 33.4 Å². The predicted molar refractivity (Wildman–Crippen MR) is 114 cm³/mol. The summed E-state index contributed by atoms with van der Waals surface area (Å²) in [7, 11) is 0. The molecule has 2 aromatic carbocycles. The topological polar surface area (TPSA) is 94.5 Å². The highest BCUT2D eigenvalue weighted by Crippen LogP contribution is 2.14. The van der Waals surface area contributed by atoms with E-state index in [9.17, 15) is 13.6 Å². The third-order valence-electron chi connectivity index (χ3n) is 4.52. The fraction of sp³-hybridized carbons (Fsp3) is 0.227. The molecule has 31 heavy (non-hydrogen) atoms. The number of aromatic nitrogens is 2. The largest absolute Gasteiger partial charge is 0.381 e. The molecule has 162 valence electrons. The summed E-state index contributed by atoms with van der Waals surface area (Å²) in [6.45, 7) is 5.96. The van der Waals surface area contributed by atoms with Crippen LogP contribution in [0.5, 0.6) is 0 Å². The Labute approximate surface area is 178 Å². The molecule has 3 aromatic rings. The highest BCUT2D eigenvalue weighted by atomic mass is 19.2. The van der Waals surface area contributed by atoms with Crippen molar-refractivity contribution in [1.82, 2.24) is 9.78 Å². The van der Waals surface area contributed by atoms with Crippen molar-refractivity contribution in [2.24, 2.45) is 10.9 Å². The van der Waals surface area contributed by atoms with E-state index >= 15 is 0 Å². The second-order valence-corrected chi connectivity index (χ2v) is 7.13. The van der Waals surface area contributed by atoms with Crippen LogP contribution in [0.3, 0.4) is 0 Å². The molecule has 0 fully saturated rings. The van der Waals surface area contributed by atoms with E-state index in [-0.39, 0.29) is 11.5 Å². The molecule has 3 N–H and O–H groups in total. The Kier molecular flexibility index (Phi) is 6.64. The SMILES string of the molecule is Cc1cc(C)n(Cc2cccc(C(N)=NOC(C)C(=O)Nc3ccc(F)c(F)c3)c2)n1. The van der Waals surface area contributed by atoms with Crippen LogP contribution in [0.1, 0.15) is 29.4 Å². The van der Waals surface area contributed by atoms with Gasteiger partial charge in [0.25, 0.3) is 5.91 Å². The summed E-state index contributed by atoms with van der Waals surface area (Å²) in [4.78, 5) is 17.4. The molecule has 7 nitrogen and oxygen atoms in total. The molecule has 3 rings (SSSR count). The van der Waals surface area contributed by atoms with Gasteiger partial charge in [0.15, 0.2) is 17.5 Å². The van der Waals surface area contributed by atoms with E-state index in [0.717, 1.165) is 29.1 Å². The fourth-order valence-corrected chi connectivity index (χ4v) is 2.89. The first-order valence-corrected chi connectivity index (χ1v) is 9.58. The Balaban J connectivity index is 1.63. The molecule has 0 aliphatic rings. The summed E-state index contributed by atoms with van der Waals surface area (Å²) in [5.74, 6) is -2.54. The van der Waals surface area contributed by atoms with Gasteiger partial charge in [0.05, 0.1) is 12.2 Å². The van der Waals surface area contributed by atoms with Crippen molar-refractivity contribution in [2.75, 3.05) is 5.32 Å². The normalized spacial score (nSPS) is 12.5. The van der Waals surface area contributed by atoms with Crippen LogP contribution in [0.2, 0.25) is 0 Å². The number of nitrogens with two attached hydrogens (primary N) is 1. The van der Waals surface area contributed by atoms with Gasteiger partial charge in [-0.2, -0.15) is 5.10 Å². The highest BCUT2D eigenvalue weighted by molar-refractivity contribution is 5.97. The van der Waals surface area contributed by atoms with Gasteiger partial charge in [-0.1, -0.05) is 23.4 Å². The van der Waals surface area contributed by atoms with E-state index in [0.29, 0.717) is 12.1 Å². The quantitative estimate of drug-likeness (QED) is 0.343. The number of rotatable bonds is 7. The number of hydrogen-bond donors (Lipinski definition) is 2. The molecule has 0 bridgehead atoms. The lowest BCUT2D eigenvalue weighted by Crippen LogP contribution is -2.27. The molecule has 9 heteroatoms. The van der Waals surface area contributed by atoms with E-state index in [4.69, 9.17) is 10.6 Å². The smallest absolute Gasteiger partial charge is 0.267 e. The number of carbonyl (C=O) groups excluding carboxylic acids is 1. The molecule has 1 aromatic heterocycles. The van der Waals surface area contributed by atoms with Crippen molar-refractivity contribution in [3.63, 3.8) is 0 Å². The van der Waals surface area contributed by atoms with Crippen LogP contribution < -0.4 is 11.1 Å². The molecule has 0 aliphatic heterocycles. The van der Waals surface area contributed by atoms with Crippen molar-refractivity contribution in [3.05, 3.63) is 82.7 Å². The minimum atomic E-state index is -1.06. The number of carbonyl (C=O) groups is 1. The van der Waals surface area contributed by atoms with Gasteiger partial charge in [-0.25, -0.2) is 8.78 Å². The molecule has 0 aliphatic carbocycles. The number of amidine groups is 1. The second kappa shape index (κ2) is 9.38. The average Bonchev–Trinajstić information content (AvgIpc) is 3.05. The molecule has 0 saturated carbocycles. The third kappa shape index (κ3) is 5.65. The first kappa shape index (κ1) is 21.9. The van der Waals surface area contributed by atoms with Crippen LogP contribution in [0.15, 0.2) is 53.7 Å². The van der Waals surface area contributed by atoms with Crippen molar-refractivity contribution < 1.29 is 18.4 Å². The maximum Gasteiger partial charge on any atom is 0.267 e. The van der Waals surface area contributed by atoms with Crippen LogP contribution >= 0.6 is 0 Å². The Morgan fingerprint density at radius 1 is 1.19 bits per heavy atom. The van der Waals surface area contributed by atoms with E-state index in [1.807, 2.05) is 42.8 Å². The van der Waals surface area contributed by atoms with Gasteiger partial charge in [-0.15, -0.1) is 0 Å². The molecular weight excluding hydrogens is 404 g/mol. The van der Waals surface area contributed by atoms with E-state index in [1.165, 1.54) is 13.0 Å². The van der Waals surface area contributed by atoms with Crippen molar-refractivity contribution >= 4 is 17.4 Å². The van der Waals surface area contributed by atoms with Gasteiger partial charge in [0, 0.05) is 23.0 Å². The fourth-order valence-electron chi connectivity index (χ4n) is 2.89. The molecule has 1 atom stereocenters. The molecule has 1 heterocycles. The van der Waals surface area contributed by atoms with Gasteiger partial charge in [-0.05, 0) is 50.6 Å². The zero-order valence-corrected chi connectivity index (χ0v) is 17.4. The minimum Gasteiger partial charge on any atom is -0.381 e. The third-order valence-corrected chi connectivity index (χ3v) is 4.52. The highest BCUT2D eigenvalue weighted by Gasteiger charge is 2.16. The second-order valence-electron chi connectivity index (χ2n) is 7.13. The van der Waals surface area contributed by atoms with Gasteiger partial charge in [0.2, 0.25) is 6.10 Å². The Bertz CT molecular complexity index is 1130. The molecule has 0 saturated heterocycles. The van der Waals surface area contributed by atoms with E-state index < -0.39 is 23.6 Å². The first-order chi connectivity index (χ1) is 14.7. The van der Waals surface area contributed by atoms with Crippen LogP contribution in [0.4, 0.5) is 14.5 Å². The number of hydrogen-bond acceptors (Lipinski definition) is 4. The number of halogens is 2. The Morgan fingerprint density at radius 2 is 1.97 bits per heavy atom.